The number of thioether (sulfide) groups is 1. The summed E-state index contributed by atoms with van der Waals surface area (Å²) < 4.78 is 13.0. The van der Waals surface area contributed by atoms with E-state index in [1.54, 1.807) is 24.3 Å². The molecule has 27 heavy (non-hydrogen) atoms. The summed E-state index contributed by atoms with van der Waals surface area (Å²) in [7, 11) is 0. The Morgan fingerprint density at radius 1 is 1.22 bits per heavy atom. The van der Waals surface area contributed by atoms with Gasteiger partial charge in [0, 0.05) is 12.0 Å². The van der Waals surface area contributed by atoms with Crippen LogP contribution in [-0.2, 0) is 16.0 Å². The van der Waals surface area contributed by atoms with Crippen LogP contribution in [0, 0.1) is 11.2 Å². The van der Waals surface area contributed by atoms with Crippen LogP contribution < -0.4 is 0 Å². The molecule has 0 fully saturated rings. The van der Waals surface area contributed by atoms with Gasteiger partial charge in [0.1, 0.15) is 5.82 Å². The number of ketones is 1. The molecule has 4 nitrogen and oxygen atoms in total. The summed E-state index contributed by atoms with van der Waals surface area (Å²) in [6.45, 7) is 6.33. The number of carbonyl (C=O) groups excluding carboxylic acids is 1. The molecule has 0 bridgehead atoms. The normalized spacial score (nSPS) is 14.6. The summed E-state index contributed by atoms with van der Waals surface area (Å²) in [5, 5.41) is 10.2. The molecule has 1 aromatic carbocycles. The van der Waals surface area contributed by atoms with E-state index in [2.05, 4.69) is 0 Å². The van der Waals surface area contributed by atoms with Crippen LogP contribution in [0.1, 0.15) is 32.8 Å². The van der Waals surface area contributed by atoms with Crippen molar-refractivity contribution in [3.63, 3.8) is 0 Å². The van der Waals surface area contributed by atoms with Gasteiger partial charge in [-0.3, -0.25) is 4.79 Å². The van der Waals surface area contributed by atoms with Crippen LogP contribution in [0.25, 0.3) is 0 Å². The number of halogens is 1. The highest BCUT2D eigenvalue weighted by Gasteiger charge is 2.27. The number of aliphatic carboxylic acids is 1. The van der Waals surface area contributed by atoms with Crippen molar-refractivity contribution in [1.29, 1.82) is 0 Å². The predicted molar refractivity (Wildman–Crippen MR) is 107 cm³/mol. The zero-order chi connectivity index (χ0) is 20.0. The van der Waals surface area contributed by atoms with E-state index in [0.29, 0.717) is 11.6 Å². The average Bonchev–Trinajstić information content (AvgIpc) is 2.60. The van der Waals surface area contributed by atoms with E-state index >= 15 is 0 Å². The van der Waals surface area contributed by atoms with Crippen LogP contribution in [0.15, 0.2) is 47.0 Å². The maximum atomic E-state index is 13.0. The lowest BCUT2D eigenvalue weighted by Crippen LogP contribution is -2.37. The molecule has 0 radical (unpaired) electrons. The van der Waals surface area contributed by atoms with Crippen molar-refractivity contribution in [3.8, 4) is 0 Å². The lowest BCUT2D eigenvalue weighted by molar-refractivity contribution is -0.132. The molecular formula is C21H26FNO3S. The Kier molecular flexibility index (Phi) is 7.25. The van der Waals surface area contributed by atoms with Crippen molar-refractivity contribution in [2.24, 2.45) is 5.41 Å². The first-order valence-electron chi connectivity index (χ1n) is 8.98. The number of aryl methyl sites for hydroxylation is 1. The number of benzene rings is 1. The van der Waals surface area contributed by atoms with Gasteiger partial charge in [-0.15, -0.1) is 11.8 Å². The van der Waals surface area contributed by atoms with Crippen LogP contribution in [0.4, 0.5) is 4.39 Å². The second-order valence-electron chi connectivity index (χ2n) is 7.56. The molecule has 0 amide bonds. The summed E-state index contributed by atoms with van der Waals surface area (Å²) in [5.74, 6) is -0.443. The van der Waals surface area contributed by atoms with Crippen LogP contribution in [0.3, 0.4) is 0 Å². The van der Waals surface area contributed by atoms with Gasteiger partial charge in [-0.1, -0.05) is 39.0 Å². The van der Waals surface area contributed by atoms with Gasteiger partial charge in [-0.25, -0.2) is 9.18 Å². The zero-order valence-electron chi connectivity index (χ0n) is 16.0. The summed E-state index contributed by atoms with van der Waals surface area (Å²) in [4.78, 5) is 25.9. The fourth-order valence-electron chi connectivity index (χ4n) is 2.60. The highest BCUT2D eigenvalue weighted by molar-refractivity contribution is 8.03. The number of hydrogen-bond acceptors (Lipinski definition) is 4. The first-order chi connectivity index (χ1) is 12.7. The number of Topliss-reactive ketones (excluding diaryl/α,β-unsaturated/α-hetero) is 1. The Balaban J connectivity index is 2.02. The number of carbonyl (C=O) groups is 2. The molecule has 0 aromatic heterocycles. The minimum absolute atomic E-state index is 0.0759. The summed E-state index contributed by atoms with van der Waals surface area (Å²) in [5.41, 5.74) is 0.811. The third-order valence-electron chi connectivity index (χ3n) is 4.29. The van der Waals surface area contributed by atoms with Gasteiger partial charge < -0.3 is 10.0 Å². The largest absolute Gasteiger partial charge is 0.478 e. The SMILES string of the molecule is CC(C)(C)C(=O)CN1CC=CC(C(=O)O)=C1SCCCc1ccc(F)cc1. The monoisotopic (exact) mass is 391 g/mol. The van der Waals surface area contributed by atoms with Gasteiger partial charge in [-0.05, 0) is 42.4 Å². The van der Waals surface area contributed by atoms with Gasteiger partial charge in [-0.2, -0.15) is 0 Å². The highest BCUT2D eigenvalue weighted by Crippen LogP contribution is 2.30. The maximum Gasteiger partial charge on any atom is 0.338 e. The third kappa shape index (κ3) is 6.24. The topological polar surface area (TPSA) is 57.6 Å². The molecule has 0 saturated carbocycles. The Morgan fingerprint density at radius 2 is 1.89 bits per heavy atom. The molecule has 6 heteroatoms. The Bertz CT molecular complexity index is 748. The van der Waals surface area contributed by atoms with Crippen LogP contribution in [0.2, 0.25) is 0 Å². The lowest BCUT2D eigenvalue weighted by Gasteiger charge is -2.31. The van der Waals surface area contributed by atoms with Crippen molar-refractivity contribution in [2.45, 2.75) is 33.6 Å². The molecule has 1 N–H and O–H groups in total. The molecule has 0 saturated heterocycles. The zero-order valence-corrected chi connectivity index (χ0v) is 16.8. The van der Waals surface area contributed by atoms with Crippen LogP contribution in [-0.4, -0.2) is 40.6 Å². The van der Waals surface area contributed by atoms with Crippen molar-refractivity contribution in [3.05, 3.63) is 58.4 Å². The third-order valence-corrected chi connectivity index (χ3v) is 5.54. The molecule has 1 aromatic rings. The molecule has 0 atom stereocenters. The summed E-state index contributed by atoms with van der Waals surface area (Å²) >= 11 is 1.46. The first kappa shape index (κ1) is 21.2. The van der Waals surface area contributed by atoms with E-state index < -0.39 is 11.4 Å². The van der Waals surface area contributed by atoms with E-state index in [-0.39, 0.29) is 23.7 Å². The van der Waals surface area contributed by atoms with E-state index in [1.165, 1.54) is 23.9 Å². The van der Waals surface area contributed by atoms with E-state index in [1.807, 2.05) is 25.7 Å². The minimum atomic E-state index is -0.986. The van der Waals surface area contributed by atoms with Crippen molar-refractivity contribution >= 4 is 23.5 Å². The average molecular weight is 392 g/mol. The van der Waals surface area contributed by atoms with E-state index in [4.69, 9.17) is 0 Å². The van der Waals surface area contributed by atoms with Gasteiger partial charge in [0.25, 0.3) is 0 Å². The van der Waals surface area contributed by atoms with E-state index in [0.717, 1.165) is 24.2 Å². The second kappa shape index (κ2) is 9.22. The molecule has 2 rings (SSSR count). The minimum Gasteiger partial charge on any atom is -0.478 e. The molecule has 146 valence electrons. The van der Waals surface area contributed by atoms with E-state index in [9.17, 15) is 19.1 Å². The molecule has 1 heterocycles. The Morgan fingerprint density at radius 3 is 2.48 bits per heavy atom. The maximum absolute atomic E-state index is 13.0. The van der Waals surface area contributed by atoms with Crippen LogP contribution >= 0.6 is 11.8 Å². The smallest absolute Gasteiger partial charge is 0.338 e. The van der Waals surface area contributed by atoms with Gasteiger partial charge >= 0.3 is 5.97 Å². The first-order valence-corrected chi connectivity index (χ1v) is 9.96. The quantitative estimate of drug-likeness (QED) is 0.671. The molecular weight excluding hydrogens is 365 g/mol. The number of rotatable bonds is 8. The summed E-state index contributed by atoms with van der Waals surface area (Å²) in [6, 6.07) is 6.41. The fourth-order valence-corrected chi connectivity index (χ4v) is 3.71. The van der Waals surface area contributed by atoms with Gasteiger partial charge in [0.05, 0.1) is 17.1 Å². The summed E-state index contributed by atoms with van der Waals surface area (Å²) in [6.07, 6.45) is 5.02. The van der Waals surface area contributed by atoms with Crippen molar-refractivity contribution in [1.82, 2.24) is 4.90 Å². The predicted octanol–water partition coefficient (Wildman–Crippen LogP) is 4.27. The number of nitrogens with zero attached hydrogens (tertiary/aromatic N) is 1. The number of carboxylic acids is 1. The van der Waals surface area contributed by atoms with Crippen molar-refractivity contribution in [2.75, 3.05) is 18.8 Å². The fraction of sp³-hybridized carbons (Fsp3) is 0.429. The standard InChI is InChI=1S/C21H26FNO3S/c1-21(2,3)18(24)14-23-12-4-7-17(20(25)26)19(23)27-13-5-6-15-8-10-16(22)11-9-15/h4,7-11H,5-6,12-14H2,1-3H3,(H,25,26). The Labute approximate surface area is 164 Å². The second-order valence-corrected chi connectivity index (χ2v) is 8.64. The van der Waals surface area contributed by atoms with Gasteiger partial charge in [0.15, 0.2) is 5.78 Å². The molecule has 0 spiro atoms. The van der Waals surface area contributed by atoms with Gasteiger partial charge in [0.2, 0.25) is 0 Å². The highest BCUT2D eigenvalue weighted by atomic mass is 32.2. The molecule has 1 aliphatic rings. The lowest BCUT2D eigenvalue weighted by atomic mass is 9.90. The molecule has 0 aliphatic carbocycles. The van der Waals surface area contributed by atoms with Crippen LogP contribution in [0.5, 0.6) is 0 Å². The molecule has 1 aliphatic heterocycles. The number of carboxylic acid groups (broad SMARTS) is 1. The van der Waals surface area contributed by atoms with Crippen molar-refractivity contribution < 1.29 is 19.1 Å². The number of hydrogen-bond donors (Lipinski definition) is 1. The molecule has 0 unspecified atom stereocenters. The Hall–Kier alpha value is -2.08.